The van der Waals surface area contributed by atoms with Crippen molar-refractivity contribution in [1.29, 1.82) is 0 Å². The Kier molecular flexibility index (Phi) is 1.52. The van der Waals surface area contributed by atoms with Gasteiger partial charge in [-0.3, -0.25) is 0 Å². The van der Waals surface area contributed by atoms with Crippen molar-refractivity contribution in [2.45, 2.75) is 0 Å². The van der Waals surface area contributed by atoms with E-state index in [4.69, 9.17) is 21.7 Å². The molecular formula is C10H7NO2S. The van der Waals surface area contributed by atoms with Crippen LogP contribution >= 0.6 is 12.2 Å². The maximum Gasteiger partial charge on any atom is 0.231 e. The highest BCUT2D eigenvalue weighted by molar-refractivity contribution is 7.71. The number of hydrogen-bond acceptors (Lipinski definition) is 3. The molecule has 0 radical (unpaired) electrons. The van der Waals surface area contributed by atoms with Crippen LogP contribution in [-0.4, -0.2) is 11.8 Å². The molecule has 0 amide bonds. The second-order valence-electron chi connectivity index (χ2n) is 3.12. The second-order valence-corrected chi connectivity index (χ2v) is 3.56. The van der Waals surface area contributed by atoms with Gasteiger partial charge in [0.2, 0.25) is 6.79 Å². The molecule has 0 saturated heterocycles. The first-order chi connectivity index (χ1) is 6.83. The summed E-state index contributed by atoms with van der Waals surface area (Å²) in [6.07, 6.45) is 0. The number of fused-ring (bicyclic) bond motifs is 2. The molecule has 1 aliphatic heterocycles. The number of nitrogens with one attached hydrogen (secondary N) is 1. The van der Waals surface area contributed by atoms with Crippen LogP contribution in [0.3, 0.4) is 0 Å². The van der Waals surface area contributed by atoms with E-state index in [9.17, 15) is 0 Å². The number of ether oxygens (including phenoxy) is 2. The van der Waals surface area contributed by atoms with Crippen molar-refractivity contribution in [2.75, 3.05) is 6.79 Å². The Labute approximate surface area is 85.3 Å². The van der Waals surface area contributed by atoms with Crippen LogP contribution in [0.2, 0.25) is 0 Å². The third-order valence-corrected chi connectivity index (χ3v) is 2.46. The molecule has 3 nitrogen and oxygen atoms in total. The van der Waals surface area contributed by atoms with E-state index in [-0.39, 0.29) is 0 Å². The van der Waals surface area contributed by atoms with E-state index < -0.39 is 0 Å². The Bertz CT molecular complexity index is 562. The molecule has 14 heavy (non-hydrogen) atoms. The molecule has 0 spiro atoms. The molecule has 4 heteroatoms. The van der Waals surface area contributed by atoms with Gasteiger partial charge < -0.3 is 14.5 Å². The van der Waals surface area contributed by atoms with E-state index in [0.717, 1.165) is 27.0 Å². The summed E-state index contributed by atoms with van der Waals surface area (Å²) < 4.78 is 11.3. The maximum absolute atomic E-state index is 5.27. The lowest BCUT2D eigenvalue weighted by Crippen LogP contribution is -1.92. The van der Waals surface area contributed by atoms with E-state index in [1.165, 1.54) is 0 Å². The molecule has 1 N–H and O–H groups in total. The lowest BCUT2D eigenvalue weighted by Gasteiger charge is -2.00. The highest BCUT2D eigenvalue weighted by Crippen LogP contribution is 2.35. The molecule has 0 fully saturated rings. The molecule has 3 rings (SSSR count). The molecular weight excluding hydrogens is 198 g/mol. The van der Waals surface area contributed by atoms with Gasteiger partial charge in [-0.2, -0.15) is 0 Å². The van der Waals surface area contributed by atoms with Gasteiger partial charge in [-0.1, -0.05) is 12.2 Å². The van der Waals surface area contributed by atoms with Gasteiger partial charge in [0.05, 0.1) is 5.52 Å². The average molecular weight is 205 g/mol. The Hall–Kier alpha value is -1.55. The van der Waals surface area contributed by atoms with E-state index in [1.54, 1.807) is 0 Å². The number of benzene rings is 1. The average Bonchev–Trinajstić information content (AvgIpc) is 2.61. The first-order valence-corrected chi connectivity index (χ1v) is 4.66. The van der Waals surface area contributed by atoms with Crippen LogP contribution in [0.25, 0.3) is 10.9 Å². The Morgan fingerprint density at radius 1 is 1.14 bits per heavy atom. The Morgan fingerprint density at radius 3 is 2.79 bits per heavy atom. The van der Waals surface area contributed by atoms with Gasteiger partial charge in [0.25, 0.3) is 0 Å². The molecule has 0 unspecified atom stereocenters. The summed E-state index contributed by atoms with van der Waals surface area (Å²) in [5.41, 5.74) is 0.974. The van der Waals surface area contributed by atoms with Crippen LogP contribution in [0.5, 0.6) is 11.5 Å². The Balaban J connectivity index is 2.39. The zero-order valence-corrected chi connectivity index (χ0v) is 8.06. The minimum Gasteiger partial charge on any atom is -0.454 e. The van der Waals surface area contributed by atoms with Crippen LogP contribution in [0.4, 0.5) is 0 Å². The lowest BCUT2D eigenvalue weighted by molar-refractivity contribution is 0.174. The lowest BCUT2D eigenvalue weighted by atomic mass is 10.2. The van der Waals surface area contributed by atoms with Crippen molar-refractivity contribution in [1.82, 2.24) is 4.98 Å². The molecule has 0 atom stereocenters. The largest absolute Gasteiger partial charge is 0.454 e. The summed E-state index contributed by atoms with van der Waals surface area (Å²) >= 11 is 5.04. The zero-order valence-electron chi connectivity index (χ0n) is 7.24. The van der Waals surface area contributed by atoms with Crippen LogP contribution in [0, 0.1) is 4.64 Å². The smallest absolute Gasteiger partial charge is 0.231 e. The SMILES string of the molecule is S=c1ccc2cc3c(cc2[nH]1)OCO3. The highest BCUT2D eigenvalue weighted by atomic mass is 32.1. The number of aromatic amines is 1. The number of H-pyrrole nitrogens is 1. The fourth-order valence-electron chi connectivity index (χ4n) is 1.54. The van der Waals surface area contributed by atoms with Crippen LogP contribution in [-0.2, 0) is 0 Å². The second kappa shape index (κ2) is 2.72. The van der Waals surface area contributed by atoms with Gasteiger partial charge in [0.1, 0.15) is 4.64 Å². The highest BCUT2D eigenvalue weighted by Gasteiger charge is 2.13. The monoisotopic (exact) mass is 205 g/mol. The Morgan fingerprint density at radius 2 is 1.93 bits per heavy atom. The van der Waals surface area contributed by atoms with Crippen molar-refractivity contribution in [2.24, 2.45) is 0 Å². The summed E-state index contributed by atoms with van der Waals surface area (Å²) in [7, 11) is 0. The molecule has 1 aliphatic rings. The number of aromatic nitrogens is 1. The molecule has 0 saturated carbocycles. The molecule has 2 aromatic rings. The van der Waals surface area contributed by atoms with E-state index in [2.05, 4.69) is 4.98 Å². The van der Waals surface area contributed by atoms with Gasteiger partial charge in [-0.15, -0.1) is 0 Å². The van der Waals surface area contributed by atoms with E-state index >= 15 is 0 Å². The summed E-state index contributed by atoms with van der Waals surface area (Å²) in [6.45, 7) is 0.298. The molecule has 0 aliphatic carbocycles. The topological polar surface area (TPSA) is 34.2 Å². The molecule has 2 heterocycles. The predicted octanol–water partition coefficient (Wildman–Crippen LogP) is 2.63. The number of rotatable bonds is 0. The summed E-state index contributed by atoms with van der Waals surface area (Å²) in [5.74, 6) is 1.57. The van der Waals surface area contributed by atoms with Crippen molar-refractivity contribution in [3.8, 4) is 11.5 Å². The van der Waals surface area contributed by atoms with E-state index in [0.29, 0.717) is 6.79 Å². The summed E-state index contributed by atoms with van der Waals surface area (Å²) in [4.78, 5) is 3.10. The van der Waals surface area contributed by atoms with Crippen LogP contribution in [0.15, 0.2) is 24.3 Å². The van der Waals surface area contributed by atoms with Gasteiger partial charge in [0, 0.05) is 11.5 Å². The quantitative estimate of drug-likeness (QED) is 0.671. The number of pyridine rings is 1. The van der Waals surface area contributed by atoms with Crippen molar-refractivity contribution in [3.63, 3.8) is 0 Å². The molecule has 1 aromatic carbocycles. The first-order valence-electron chi connectivity index (χ1n) is 4.26. The van der Waals surface area contributed by atoms with Gasteiger partial charge in [-0.25, -0.2) is 0 Å². The minimum atomic E-state index is 0.298. The van der Waals surface area contributed by atoms with Crippen LogP contribution < -0.4 is 9.47 Å². The zero-order chi connectivity index (χ0) is 9.54. The minimum absolute atomic E-state index is 0.298. The third-order valence-electron chi connectivity index (χ3n) is 2.22. The van der Waals surface area contributed by atoms with E-state index in [1.807, 2.05) is 24.3 Å². The van der Waals surface area contributed by atoms with Crippen molar-refractivity contribution < 1.29 is 9.47 Å². The van der Waals surface area contributed by atoms with Crippen molar-refractivity contribution in [3.05, 3.63) is 28.9 Å². The molecule has 70 valence electrons. The van der Waals surface area contributed by atoms with Gasteiger partial charge in [-0.05, 0) is 18.2 Å². The normalized spacial score (nSPS) is 13.4. The first kappa shape index (κ1) is 7.82. The predicted molar refractivity (Wildman–Crippen MR) is 55.3 cm³/mol. The van der Waals surface area contributed by atoms with Gasteiger partial charge in [0.15, 0.2) is 11.5 Å². The maximum atomic E-state index is 5.27. The van der Waals surface area contributed by atoms with Crippen LogP contribution in [0.1, 0.15) is 0 Å². The fourth-order valence-corrected chi connectivity index (χ4v) is 1.72. The number of hydrogen-bond donors (Lipinski definition) is 1. The molecule has 1 aromatic heterocycles. The van der Waals surface area contributed by atoms with Gasteiger partial charge >= 0.3 is 0 Å². The van der Waals surface area contributed by atoms with Crippen molar-refractivity contribution >= 4 is 23.1 Å². The fraction of sp³-hybridized carbons (Fsp3) is 0.100. The summed E-state index contributed by atoms with van der Waals surface area (Å²) in [5, 5.41) is 1.07. The summed E-state index contributed by atoms with van der Waals surface area (Å²) in [6, 6.07) is 7.69. The third kappa shape index (κ3) is 1.08. The standard InChI is InChI=1S/C10H7NO2S/c14-10-2-1-6-3-8-9(13-5-12-8)4-7(6)11-10/h1-4H,5H2,(H,11,14). The molecule has 0 bridgehead atoms.